The Balaban J connectivity index is 2.85. The number of halogens is 1. The number of carbonyl (C=O) groups excluding carboxylic acids is 2. The molecule has 0 bridgehead atoms. The summed E-state index contributed by atoms with van der Waals surface area (Å²) in [5.41, 5.74) is 0.757. The highest BCUT2D eigenvalue weighted by Gasteiger charge is 2.25. The van der Waals surface area contributed by atoms with Crippen molar-refractivity contribution in [1.82, 2.24) is 10.2 Å². The largest absolute Gasteiger partial charge is 0.395 e. The number of nitrogens with zero attached hydrogens (tertiary/aromatic N) is 1. The predicted molar refractivity (Wildman–Crippen MR) is 81.4 cm³/mol. The van der Waals surface area contributed by atoms with Gasteiger partial charge in [-0.3, -0.25) is 9.59 Å². The summed E-state index contributed by atoms with van der Waals surface area (Å²) in [4.78, 5) is 25.8. The summed E-state index contributed by atoms with van der Waals surface area (Å²) in [5.74, 6) is -0.789. The SMILES string of the molecule is CCCC(=O)N(Cc1ccc(F)cc1)C(C)C(=O)NCCO. The van der Waals surface area contributed by atoms with Gasteiger partial charge in [-0.15, -0.1) is 0 Å². The minimum Gasteiger partial charge on any atom is -0.395 e. The van der Waals surface area contributed by atoms with E-state index in [4.69, 9.17) is 5.11 Å². The van der Waals surface area contributed by atoms with Crippen LogP contribution in [0.3, 0.4) is 0 Å². The molecule has 0 saturated heterocycles. The second-order valence-corrected chi connectivity index (χ2v) is 5.09. The molecule has 0 aromatic heterocycles. The maximum Gasteiger partial charge on any atom is 0.242 e. The summed E-state index contributed by atoms with van der Waals surface area (Å²) in [7, 11) is 0. The van der Waals surface area contributed by atoms with Crippen LogP contribution in [-0.4, -0.2) is 41.0 Å². The maximum absolute atomic E-state index is 13.0. The first kappa shape index (κ1) is 18.1. The van der Waals surface area contributed by atoms with Crippen LogP contribution in [0.15, 0.2) is 24.3 Å². The smallest absolute Gasteiger partial charge is 0.242 e. The Morgan fingerprint density at radius 1 is 1.32 bits per heavy atom. The topological polar surface area (TPSA) is 69.6 Å². The number of rotatable bonds is 8. The van der Waals surface area contributed by atoms with E-state index in [1.165, 1.54) is 17.0 Å². The van der Waals surface area contributed by atoms with Gasteiger partial charge in [0.25, 0.3) is 0 Å². The van der Waals surface area contributed by atoms with Crippen molar-refractivity contribution in [3.63, 3.8) is 0 Å². The molecule has 1 aromatic rings. The normalized spacial score (nSPS) is 11.8. The summed E-state index contributed by atoms with van der Waals surface area (Å²) in [6, 6.07) is 5.19. The summed E-state index contributed by atoms with van der Waals surface area (Å²) in [6.45, 7) is 3.77. The van der Waals surface area contributed by atoms with Gasteiger partial charge in [0.15, 0.2) is 0 Å². The van der Waals surface area contributed by atoms with Crippen LogP contribution in [0.2, 0.25) is 0 Å². The van der Waals surface area contributed by atoms with Crippen molar-refractivity contribution in [1.29, 1.82) is 0 Å². The Kier molecular flexibility index (Phi) is 7.52. The second kappa shape index (κ2) is 9.15. The van der Waals surface area contributed by atoms with Crippen molar-refractivity contribution in [2.75, 3.05) is 13.2 Å². The molecule has 0 radical (unpaired) electrons. The van der Waals surface area contributed by atoms with Gasteiger partial charge in [-0.1, -0.05) is 19.1 Å². The molecule has 0 aliphatic heterocycles. The van der Waals surface area contributed by atoms with Crippen LogP contribution in [0, 0.1) is 5.82 Å². The van der Waals surface area contributed by atoms with Gasteiger partial charge in [0, 0.05) is 19.5 Å². The minimum absolute atomic E-state index is 0.126. The third-order valence-electron chi connectivity index (χ3n) is 3.31. The molecule has 1 unspecified atom stereocenters. The van der Waals surface area contributed by atoms with E-state index in [0.29, 0.717) is 12.8 Å². The standard InChI is InChI=1S/C16H23FN2O3/c1-3-4-15(21)19(12(2)16(22)18-9-10-20)11-13-5-7-14(17)8-6-13/h5-8,12,20H,3-4,9-11H2,1-2H3,(H,18,22). The molecule has 122 valence electrons. The lowest BCUT2D eigenvalue weighted by molar-refractivity contribution is -0.140. The zero-order chi connectivity index (χ0) is 16.5. The highest BCUT2D eigenvalue weighted by atomic mass is 19.1. The summed E-state index contributed by atoms with van der Waals surface area (Å²) in [5, 5.41) is 11.3. The molecule has 0 heterocycles. The highest BCUT2D eigenvalue weighted by molar-refractivity contribution is 5.87. The molecule has 0 spiro atoms. The molecular weight excluding hydrogens is 287 g/mol. The molecule has 2 N–H and O–H groups in total. The van der Waals surface area contributed by atoms with Crippen LogP contribution >= 0.6 is 0 Å². The first-order valence-corrected chi connectivity index (χ1v) is 7.42. The van der Waals surface area contributed by atoms with E-state index in [0.717, 1.165) is 5.56 Å². The fraction of sp³-hybridized carbons (Fsp3) is 0.500. The van der Waals surface area contributed by atoms with Gasteiger partial charge in [0.2, 0.25) is 11.8 Å². The molecule has 0 aliphatic carbocycles. The fourth-order valence-electron chi connectivity index (χ4n) is 2.05. The van der Waals surface area contributed by atoms with Gasteiger partial charge in [-0.25, -0.2) is 4.39 Å². The van der Waals surface area contributed by atoms with E-state index in [9.17, 15) is 14.0 Å². The molecular formula is C16H23FN2O3. The first-order valence-electron chi connectivity index (χ1n) is 7.42. The molecule has 0 fully saturated rings. The number of carbonyl (C=O) groups is 2. The molecule has 1 rings (SSSR count). The number of aliphatic hydroxyl groups is 1. The Hall–Kier alpha value is -1.95. The van der Waals surface area contributed by atoms with Crippen molar-refractivity contribution < 1.29 is 19.1 Å². The summed E-state index contributed by atoms with van der Waals surface area (Å²) in [6.07, 6.45) is 1.03. The van der Waals surface area contributed by atoms with Crippen LogP contribution < -0.4 is 5.32 Å². The zero-order valence-corrected chi connectivity index (χ0v) is 13.0. The van der Waals surface area contributed by atoms with Gasteiger partial charge < -0.3 is 15.3 Å². The molecule has 5 nitrogen and oxygen atoms in total. The molecule has 0 saturated carbocycles. The monoisotopic (exact) mass is 310 g/mol. The Labute approximate surface area is 130 Å². The van der Waals surface area contributed by atoms with E-state index in [-0.39, 0.29) is 37.3 Å². The average Bonchev–Trinajstić information content (AvgIpc) is 2.51. The Bertz CT molecular complexity index is 491. The molecule has 0 aliphatic rings. The number of aliphatic hydroxyl groups excluding tert-OH is 1. The lowest BCUT2D eigenvalue weighted by Crippen LogP contribution is -2.48. The van der Waals surface area contributed by atoms with Gasteiger partial charge in [-0.2, -0.15) is 0 Å². The highest BCUT2D eigenvalue weighted by Crippen LogP contribution is 2.12. The predicted octanol–water partition coefficient (Wildman–Crippen LogP) is 1.45. The van der Waals surface area contributed by atoms with Gasteiger partial charge in [-0.05, 0) is 31.0 Å². The van der Waals surface area contributed by atoms with Crippen LogP contribution in [0.1, 0.15) is 32.3 Å². The van der Waals surface area contributed by atoms with E-state index < -0.39 is 6.04 Å². The fourth-order valence-corrected chi connectivity index (χ4v) is 2.05. The first-order chi connectivity index (χ1) is 10.5. The van der Waals surface area contributed by atoms with E-state index >= 15 is 0 Å². The van der Waals surface area contributed by atoms with Gasteiger partial charge >= 0.3 is 0 Å². The molecule has 22 heavy (non-hydrogen) atoms. The quantitative estimate of drug-likeness (QED) is 0.763. The summed E-state index contributed by atoms with van der Waals surface area (Å²) >= 11 is 0. The molecule has 1 aromatic carbocycles. The van der Waals surface area contributed by atoms with E-state index in [1.807, 2.05) is 6.92 Å². The number of nitrogens with one attached hydrogen (secondary N) is 1. The van der Waals surface area contributed by atoms with Crippen molar-refractivity contribution >= 4 is 11.8 Å². The number of hydrogen-bond acceptors (Lipinski definition) is 3. The van der Waals surface area contributed by atoms with Gasteiger partial charge in [0.1, 0.15) is 11.9 Å². The third-order valence-corrected chi connectivity index (χ3v) is 3.31. The van der Waals surface area contributed by atoms with Crippen LogP contribution in [-0.2, 0) is 16.1 Å². The average molecular weight is 310 g/mol. The second-order valence-electron chi connectivity index (χ2n) is 5.09. The van der Waals surface area contributed by atoms with Crippen molar-refractivity contribution in [3.05, 3.63) is 35.6 Å². The maximum atomic E-state index is 13.0. The van der Waals surface area contributed by atoms with E-state index in [2.05, 4.69) is 5.32 Å². The van der Waals surface area contributed by atoms with Crippen molar-refractivity contribution in [2.24, 2.45) is 0 Å². The number of hydrogen-bond donors (Lipinski definition) is 2. The zero-order valence-electron chi connectivity index (χ0n) is 13.0. The van der Waals surface area contributed by atoms with Crippen LogP contribution in [0.4, 0.5) is 4.39 Å². The molecule has 2 amide bonds. The minimum atomic E-state index is -0.657. The molecule has 6 heteroatoms. The number of amides is 2. The van der Waals surface area contributed by atoms with E-state index in [1.54, 1.807) is 19.1 Å². The lowest BCUT2D eigenvalue weighted by Gasteiger charge is -2.28. The van der Waals surface area contributed by atoms with Gasteiger partial charge in [0.05, 0.1) is 6.61 Å². The summed E-state index contributed by atoms with van der Waals surface area (Å²) < 4.78 is 13.0. The van der Waals surface area contributed by atoms with Crippen molar-refractivity contribution in [2.45, 2.75) is 39.3 Å². The number of benzene rings is 1. The lowest BCUT2D eigenvalue weighted by atomic mass is 10.1. The van der Waals surface area contributed by atoms with Crippen molar-refractivity contribution in [3.8, 4) is 0 Å². The van der Waals surface area contributed by atoms with Crippen LogP contribution in [0.25, 0.3) is 0 Å². The third kappa shape index (κ3) is 5.44. The Morgan fingerprint density at radius 2 is 1.95 bits per heavy atom. The molecule has 1 atom stereocenters. The Morgan fingerprint density at radius 3 is 2.50 bits per heavy atom. The van der Waals surface area contributed by atoms with Crippen LogP contribution in [0.5, 0.6) is 0 Å².